The van der Waals surface area contributed by atoms with Crippen LogP contribution >= 0.6 is 0 Å². The fraction of sp³-hybridized carbons (Fsp3) is 0.333. The van der Waals surface area contributed by atoms with Gasteiger partial charge in [0.25, 0.3) is 0 Å². The van der Waals surface area contributed by atoms with Gasteiger partial charge in [0.2, 0.25) is 0 Å². The Morgan fingerprint density at radius 3 is 2.48 bits per heavy atom. The average molecular weight is 375 g/mol. The van der Waals surface area contributed by atoms with Crippen molar-refractivity contribution in [3.63, 3.8) is 0 Å². The van der Waals surface area contributed by atoms with E-state index in [9.17, 15) is 13.2 Å². The Morgan fingerprint density at radius 1 is 1.00 bits per heavy atom. The third-order valence-electron chi connectivity index (χ3n) is 5.01. The molecule has 0 aliphatic carbocycles. The predicted molar refractivity (Wildman–Crippen MR) is 96.1 cm³/mol. The van der Waals surface area contributed by atoms with Crippen molar-refractivity contribution in [1.29, 1.82) is 0 Å². The summed E-state index contributed by atoms with van der Waals surface area (Å²) in [6.45, 7) is 1.90. The zero-order valence-corrected chi connectivity index (χ0v) is 14.7. The number of alkyl halides is 3. The second-order valence-electron chi connectivity index (χ2n) is 6.86. The molecule has 2 aromatic carbocycles. The lowest BCUT2D eigenvalue weighted by Crippen LogP contribution is -2.53. The highest BCUT2D eigenvalue weighted by molar-refractivity contribution is 5.72. The van der Waals surface area contributed by atoms with E-state index < -0.39 is 6.36 Å². The van der Waals surface area contributed by atoms with Gasteiger partial charge >= 0.3 is 6.36 Å². The molecule has 2 atom stereocenters. The van der Waals surface area contributed by atoms with E-state index in [2.05, 4.69) is 21.8 Å². The monoisotopic (exact) mass is 375 g/mol. The van der Waals surface area contributed by atoms with Crippen molar-refractivity contribution in [3.05, 3.63) is 71.8 Å². The molecule has 2 aromatic rings. The van der Waals surface area contributed by atoms with Gasteiger partial charge < -0.3 is 9.47 Å². The summed E-state index contributed by atoms with van der Waals surface area (Å²) in [5, 5.41) is 0. The summed E-state index contributed by atoms with van der Waals surface area (Å²) >= 11 is 0. The first-order chi connectivity index (χ1) is 13.0. The third-order valence-corrected chi connectivity index (χ3v) is 5.01. The van der Waals surface area contributed by atoms with Crippen LogP contribution in [0.3, 0.4) is 0 Å². The molecule has 27 heavy (non-hydrogen) atoms. The summed E-state index contributed by atoms with van der Waals surface area (Å²) in [5.41, 5.74) is 2.61. The third kappa shape index (κ3) is 4.17. The van der Waals surface area contributed by atoms with Gasteiger partial charge in [0.15, 0.2) is 0 Å². The molecule has 0 amide bonds. The molecule has 2 aliphatic heterocycles. The molecule has 0 aromatic heterocycles. The molecule has 2 aliphatic rings. The lowest BCUT2D eigenvalue weighted by atomic mass is 9.89. The first kappa shape index (κ1) is 18.1. The fourth-order valence-electron chi connectivity index (χ4n) is 3.85. The van der Waals surface area contributed by atoms with E-state index in [4.69, 9.17) is 4.74 Å². The predicted octanol–water partition coefficient (Wildman–Crippen LogP) is 4.64. The topological polar surface area (TPSA) is 21.7 Å². The van der Waals surface area contributed by atoms with E-state index in [0.29, 0.717) is 25.2 Å². The smallest absolute Gasteiger partial charge is 0.405 e. The maximum absolute atomic E-state index is 12.8. The van der Waals surface area contributed by atoms with Crippen molar-refractivity contribution in [2.75, 3.05) is 13.2 Å². The van der Waals surface area contributed by atoms with Crippen LogP contribution in [0.2, 0.25) is 0 Å². The number of halogens is 3. The Kier molecular flexibility index (Phi) is 4.93. The molecule has 6 heteroatoms. The quantitative estimate of drug-likeness (QED) is 0.777. The zero-order chi connectivity index (χ0) is 18.9. The SMILES string of the molecule is FC(F)(F)Oc1ccccc1C1=CC2COCC(C1)N2Cc1ccccc1. The number of para-hydroxylation sites is 1. The number of ether oxygens (including phenoxy) is 2. The number of morpholine rings is 1. The Labute approximate surface area is 156 Å². The van der Waals surface area contributed by atoms with Crippen LogP contribution in [0.25, 0.3) is 5.57 Å². The van der Waals surface area contributed by atoms with Crippen molar-refractivity contribution >= 4 is 5.57 Å². The van der Waals surface area contributed by atoms with Crippen LogP contribution in [0.15, 0.2) is 60.7 Å². The molecule has 2 unspecified atom stereocenters. The molecular weight excluding hydrogens is 355 g/mol. The fourth-order valence-corrected chi connectivity index (χ4v) is 3.85. The van der Waals surface area contributed by atoms with Crippen molar-refractivity contribution < 1.29 is 22.6 Å². The summed E-state index contributed by atoms with van der Waals surface area (Å²) < 4.78 is 48.2. The van der Waals surface area contributed by atoms with Gasteiger partial charge in [-0.15, -0.1) is 13.2 Å². The molecule has 1 fully saturated rings. The van der Waals surface area contributed by atoms with E-state index in [0.717, 1.165) is 12.1 Å². The molecule has 0 N–H and O–H groups in total. The van der Waals surface area contributed by atoms with Gasteiger partial charge in [0.05, 0.1) is 19.3 Å². The van der Waals surface area contributed by atoms with Gasteiger partial charge in [0, 0.05) is 18.2 Å². The van der Waals surface area contributed by atoms with Gasteiger partial charge in [-0.25, -0.2) is 0 Å². The summed E-state index contributed by atoms with van der Waals surface area (Å²) in [6, 6.07) is 16.7. The highest BCUT2D eigenvalue weighted by atomic mass is 19.4. The second kappa shape index (κ2) is 7.37. The normalized spacial score (nSPS) is 23.0. The largest absolute Gasteiger partial charge is 0.573 e. The van der Waals surface area contributed by atoms with Gasteiger partial charge in [-0.3, -0.25) is 4.90 Å². The molecule has 1 saturated heterocycles. The van der Waals surface area contributed by atoms with Crippen molar-refractivity contribution in [2.45, 2.75) is 31.4 Å². The molecule has 2 heterocycles. The highest BCUT2D eigenvalue weighted by Crippen LogP contribution is 2.38. The Morgan fingerprint density at radius 2 is 1.74 bits per heavy atom. The lowest BCUT2D eigenvalue weighted by Gasteiger charge is -2.45. The standard InChI is InChI=1S/C21H20F3NO2/c22-21(23,24)27-20-9-5-4-8-19(20)16-10-17-13-26-14-18(11-16)25(17)12-15-6-2-1-3-7-15/h1-10,17-18H,11-14H2. The number of fused-ring (bicyclic) bond motifs is 2. The molecule has 4 rings (SSSR count). The van der Waals surface area contributed by atoms with Gasteiger partial charge in [-0.1, -0.05) is 54.6 Å². The molecule has 3 nitrogen and oxygen atoms in total. The minimum atomic E-state index is -4.70. The minimum Gasteiger partial charge on any atom is -0.405 e. The van der Waals surface area contributed by atoms with Crippen LogP contribution in [0.5, 0.6) is 5.75 Å². The molecule has 142 valence electrons. The summed E-state index contributed by atoms with van der Waals surface area (Å²) in [4.78, 5) is 2.37. The maximum Gasteiger partial charge on any atom is 0.573 e. The summed E-state index contributed by atoms with van der Waals surface area (Å²) in [6.07, 6.45) is -2.05. The Bertz CT molecular complexity index is 820. The first-order valence-electron chi connectivity index (χ1n) is 8.93. The van der Waals surface area contributed by atoms with Crippen LogP contribution in [0.1, 0.15) is 17.5 Å². The average Bonchev–Trinajstić information content (AvgIpc) is 2.61. The van der Waals surface area contributed by atoms with Crippen LogP contribution in [0.4, 0.5) is 13.2 Å². The Balaban J connectivity index is 1.61. The lowest BCUT2D eigenvalue weighted by molar-refractivity contribution is -0.274. The molecule has 0 spiro atoms. The zero-order valence-electron chi connectivity index (χ0n) is 14.7. The second-order valence-corrected chi connectivity index (χ2v) is 6.86. The molecule has 0 saturated carbocycles. The van der Waals surface area contributed by atoms with Crippen LogP contribution < -0.4 is 4.74 Å². The number of nitrogens with zero attached hydrogens (tertiary/aromatic N) is 1. The maximum atomic E-state index is 12.8. The van der Waals surface area contributed by atoms with Gasteiger partial charge in [-0.05, 0) is 23.6 Å². The minimum absolute atomic E-state index is 0.0339. The summed E-state index contributed by atoms with van der Waals surface area (Å²) in [5.74, 6) is -0.147. The van der Waals surface area contributed by atoms with E-state index in [-0.39, 0.29) is 17.8 Å². The number of benzene rings is 2. The van der Waals surface area contributed by atoms with Crippen molar-refractivity contribution in [2.24, 2.45) is 0 Å². The summed E-state index contributed by atoms with van der Waals surface area (Å²) in [7, 11) is 0. The van der Waals surface area contributed by atoms with Crippen molar-refractivity contribution in [3.8, 4) is 5.75 Å². The van der Waals surface area contributed by atoms with Crippen LogP contribution in [-0.2, 0) is 11.3 Å². The van der Waals surface area contributed by atoms with E-state index in [1.54, 1.807) is 18.2 Å². The van der Waals surface area contributed by atoms with E-state index >= 15 is 0 Å². The molecular formula is C21H20F3NO2. The molecule has 0 radical (unpaired) electrons. The number of hydrogen-bond acceptors (Lipinski definition) is 3. The van der Waals surface area contributed by atoms with Gasteiger partial charge in [0.1, 0.15) is 5.75 Å². The first-order valence-corrected chi connectivity index (χ1v) is 8.93. The van der Waals surface area contributed by atoms with Crippen LogP contribution in [-0.4, -0.2) is 36.6 Å². The van der Waals surface area contributed by atoms with Crippen molar-refractivity contribution in [1.82, 2.24) is 4.90 Å². The van der Waals surface area contributed by atoms with E-state index in [1.165, 1.54) is 11.6 Å². The highest BCUT2D eigenvalue weighted by Gasteiger charge is 2.37. The Hall–Kier alpha value is -2.31. The number of rotatable bonds is 4. The van der Waals surface area contributed by atoms with E-state index in [1.807, 2.05) is 24.3 Å². The van der Waals surface area contributed by atoms with Crippen LogP contribution in [0, 0.1) is 0 Å². The van der Waals surface area contributed by atoms with Gasteiger partial charge in [-0.2, -0.15) is 0 Å². The molecule has 2 bridgehead atoms. The number of hydrogen-bond donors (Lipinski definition) is 0.